The highest BCUT2D eigenvalue weighted by atomic mass is 16.5. The molecule has 0 aromatic heterocycles. The average Bonchev–Trinajstić information content (AvgIpc) is 3.51. The van der Waals surface area contributed by atoms with Gasteiger partial charge in [-0.25, -0.2) is 4.79 Å². The molecule has 0 aliphatic heterocycles. The second-order valence-corrected chi connectivity index (χ2v) is 8.50. The second-order valence-electron chi connectivity index (χ2n) is 8.50. The Kier molecular flexibility index (Phi) is 6.44. The summed E-state index contributed by atoms with van der Waals surface area (Å²) in [7, 11) is 0. The van der Waals surface area contributed by atoms with E-state index in [0.29, 0.717) is 25.8 Å². The monoisotopic (exact) mass is 436 g/mol. The van der Waals surface area contributed by atoms with Gasteiger partial charge in [0.25, 0.3) is 0 Å². The van der Waals surface area contributed by atoms with Gasteiger partial charge in [0.2, 0.25) is 5.91 Å². The molecule has 2 aromatic carbocycles. The molecular weight excluding hydrogens is 408 g/mol. The van der Waals surface area contributed by atoms with E-state index in [0.717, 1.165) is 22.3 Å². The van der Waals surface area contributed by atoms with Crippen LogP contribution < -0.4 is 10.6 Å². The van der Waals surface area contributed by atoms with Crippen molar-refractivity contribution < 1.29 is 24.2 Å². The molecule has 0 bridgehead atoms. The lowest BCUT2D eigenvalue weighted by Crippen LogP contribution is -2.47. The van der Waals surface area contributed by atoms with Crippen molar-refractivity contribution in [1.82, 2.24) is 10.6 Å². The average molecular weight is 437 g/mol. The van der Waals surface area contributed by atoms with Crippen LogP contribution in [0.4, 0.5) is 4.79 Å². The number of carbonyl (C=O) groups excluding carboxylic acids is 2. The third-order valence-electron chi connectivity index (χ3n) is 6.31. The van der Waals surface area contributed by atoms with E-state index < -0.39 is 18.1 Å². The number of nitrogens with one attached hydrogen (secondary N) is 2. The lowest BCUT2D eigenvalue weighted by Gasteiger charge is -2.19. The summed E-state index contributed by atoms with van der Waals surface area (Å²) >= 11 is 0. The van der Waals surface area contributed by atoms with E-state index >= 15 is 0 Å². The van der Waals surface area contributed by atoms with Crippen LogP contribution in [0.1, 0.15) is 43.2 Å². The lowest BCUT2D eigenvalue weighted by molar-refractivity contribution is -0.139. The van der Waals surface area contributed by atoms with Crippen molar-refractivity contribution in [1.29, 1.82) is 0 Å². The molecule has 4 rings (SSSR count). The highest BCUT2D eigenvalue weighted by Crippen LogP contribution is 2.44. The molecule has 168 valence electrons. The first-order chi connectivity index (χ1) is 15.5. The van der Waals surface area contributed by atoms with E-state index in [4.69, 9.17) is 9.84 Å². The fraction of sp³-hybridized carbons (Fsp3) is 0.400. The fourth-order valence-electron chi connectivity index (χ4n) is 4.47. The van der Waals surface area contributed by atoms with Crippen LogP contribution in [0.15, 0.2) is 48.5 Å². The summed E-state index contributed by atoms with van der Waals surface area (Å²) in [6.07, 6.45) is 1.13. The highest BCUT2D eigenvalue weighted by Gasteiger charge is 2.43. The zero-order chi connectivity index (χ0) is 22.7. The molecule has 2 aliphatic carbocycles. The minimum absolute atomic E-state index is 0.0341. The van der Waals surface area contributed by atoms with Gasteiger partial charge in [0.05, 0.1) is 5.92 Å². The number of carbonyl (C=O) groups is 3. The van der Waals surface area contributed by atoms with Gasteiger partial charge in [0, 0.05) is 12.5 Å². The molecule has 2 amide bonds. The zero-order valence-electron chi connectivity index (χ0n) is 18.0. The SMILES string of the molecule is CCCC(NC(=O)OCC1c2ccccc2-c2ccccc21)C(=O)NCC1CC1C(=O)O. The predicted molar refractivity (Wildman–Crippen MR) is 119 cm³/mol. The van der Waals surface area contributed by atoms with Gasteiger partial charge >= 0.3 is 12.1 Å². The molecule has 7 nitrogen and oxygen atoms in total. The summed E-state index contributed by atoms with van der Waals surface area (Å²) in [5.41, 5.74) is 4.56. The molecule has 3 unspecified atom stereocenters. The van der Waals surface area contributed by atoms with Crippen LogP contribution in [0.2, 0.25) is 0 Å². The smallest absolute Gasteiger partial charge is 0.407 e. The number of benzene rings is 2. The van der Waals surface area contributed by atoms with Crippen LogP contribution in [0.5, 0.6) is 0 Å². The Labute approximate surface area is 187 Å². The Morgan fingerprint density at radius 3 is 2.25 bits per heavy atom. The number of alkyl carbamates (subject to hydrolysis) is 1. The van der Waals surface area contributed by atoms with E-state index in [2.05, 4.69) is 34.9 Å². The topological polar surface area (TPSA) is 105 Å². The van der Waals surface area contributed by atoms with Crippen LogP contribution in [-0.4, -0.2) is 42.3 Å². The second kappa shape index (κ2) is 9.42. The maximum absolute atomic E-state index is 12.5. The van der Waals surface area contributed by atoms with Crippen LogP contribution in [0, 0.1) is 11.8 Å². The van der Waals surface area contributed by atoms with Gasteiger partial charge in [0.15, 0.2) is 0 Å². The first kappa shape index (κ1) is 21.9. The summed E-state index contributed by atoms with van der Waals surface area (Å²) in [4.78, 5) is 36.0. The largest absolute Gasteiger partial charge is 0.481 e. The van der Waals surface area contributed by atoms with E-state index in [9.17, 15) is 14.4 Å². The molecule has 0 heterocycles. The van der Waals surface area contributed by atoms with Gasteiger partial charge in [-0.2, -0.15) is 0 Å². The van der Waals surface area contributed by atoms with Gasteiger partial charge in [-0.15, -0.1) is 0 Å². The Bertz CT molecular complexity index is 975. The van der Waals surface area contributed by atoms with E-state index in [1.54, 1.807) is 0 Å². The van der Waals surface area contributed by atoms with Crippen molar-refractivity contribution in [3.8, 4) is 11.1 Å². The number of carboxylic acid groups (broad SMARTS) is 1. The van der Waals surface area contributed by atoms with Crippen LogP contribution in [0.25, 0.3) is 11.1 Å². The van der Waals surface area contributed by atoms with Gasteiger partial charge < -0.3 is 20.5 Å². The first-order valence-electron chi connectivity index (χ1n) is 11.1. The van der Waals surface area contributed by atoms with Gasteiger partial charge in [-0.3, -0.25) is 9.59 Å². The van der Waals surface area contributed by atoms with Gasteiger partial charge in [0.1, 0.15) is 12.6 Å². The number of fused-ring (bicyclic) bond motifs is 3. The predicted octanol–water partition coefficient (Wildman–Crippen LogP) is 3.53. The molecule has 3 atom stereocenters. The number of ether oxygens (including phenoxy) is 1. The normalized spacial score (nSPS) is 19.4. The van der Waals surface area contributed by atoms with Gasteiger partial charge in [-0.05, 0) is 41.0 Å². The number of aliphatic carboxylic acids is 1. The molecule has 1 saturated carbocycles. The Morgan fingerprint density at radius 1 is 1.06 bits per heavy atom. The molecule has 7 heteroatoms. The van der Waals surface area contributed by atoms with Crippen molar-refractivity contribution in [2.75, 3.05) is 13.2 Å². The number of amides is 2. The molecule has 0 saturated heterocycles. The number of carboxylic acids is 1. The summed E-state index contributed by atoms with van der Waals surface area (Å²) in [6, 6.07) is 15.5. The van der Waals surface area contributed by atoms with Crippen LogP contribution in [0.3, 0.4) is 0 Å². The van der Waals surface area contributed by atoms with Crippen molar-refractivity contribution in [2.45, 2.75) is 38.1 Å². The van der Waals surface area contributed by atoms with Crippen molar-refractivity contribution >= 4 is 18.0 Å². The van der Waals surface area contributed by atoms with Crippen LogP contribution in [-0.2, 0) is 14.3 Å². The summed E-state index contributed by atoms with van der Waals surface area (Å²) < 4.78 is 5.55. The standard InChI is InChI=1S/C25H28N2O5/c1-2-7-22(23(28)26-13-15-12-20(15)24(29)30)27-25(31)32-14-21-18-10-5-3-8-16(18)17-9-4-6-11-19(17)21/h3-6,8-11,15,20-22H,2,7,12-14H2,1H3,(H,26,28)(H,27,31)(H,29,30). The van der Waals surface area contributed by atoms with E-state index in [-0.39, 0.29) is 30.3 Å². The Morgan fingerprint density at radius 2 is 1.69 bits per heavy atom. The van der Waals surface area contributed by atoms with Gasteiger partial charge in [-0.1, -0.05) is 61.9 Å². The molecule has 0 radical (unpaired) electrons. The number of hydrogen-bond donors (Lipinski definition) is 3. The molecule has 2 aromatic rings. The quantitative estimate of drug-likeness (QED) is 0.558. The molecule has 3 N–H and O–H groups in total. The fourth-order valence-corrected chi connectivity index (χ4v) is 4.47. The van der Waals surface area contributed by atoms with Crippen molar-refractivity contribution in [3.63, 3.8) is 0 Å². The lowest BCUT2D eigenvalue weighted by atomic mass is 9.98. The molecular formula is C25H28N2O5. The Hall–Kier alpha value is -3.35. The number of rotatable bonds is 9. The van der Waals surface area contributed by atoms with E-state index in [1.165, 1.54) is 0 Å². The third kappa shape index (κ3) is 4.61. The molecule has 1 fully saturated rings. The minimum atomic E-state index is -0.828. The molecule has 32 heavy (non-hydrogen) atoms. The summed E-state index contributed by atoms with van der Waals surface area (Å²) in [6.45, 7) is 2.42. The summed E-state index contributed by atoms with van der Waals surface area (Å²) in [5.74, 6) is -1.60. The molecule has 0 spiro atoms. The van der Waals surface area contributed by atoms with Crippen molar-refractivity contribution in [3.05, 3.63) is 59.7 Å². The van der Waals surface area contributed by atoms with Crippen molar-refractivity contribution in [2.24, 2.45) is 11.8 Å². The summed E-state index contributed by atoms with van der Waals surface area (Å²) in [5, 5.41) is 14.4. The Balaban J connectivity index is 1.33. The number of hydrogen-bond acceptors (Lipinski definition) is 4. The van der Waals surface area contributed by atoms with E-state index in [1.807, 2.05) is 31.2 Å². The highest BCUT2D eigenvalue weighted by molar-refractivity contribution is 5.86. The minimum Gasteiger partial charge on any atom is -0.481 e. The third-order valence-corrected chi connectivity index (χ3v) is 6.31. The zero-order valence-corrected chi connectivity index (χ0v) is 18.0. The molecule has 2 aliphatic rings. The van der Waals surface area contributed by atoms with Crippen LogP contribution >= 0.6 is 0 Å². The maximum atomic E-state index is 12.5. The maximum Gasteiger partial charge on any atom is 0.407 e. The first-order valence-corrected chi connectivity index (χ1v) is 11.1.